The van der Waals surface area contributed by atoms with Crippen LogP contribution in [0.5, 0.6) is 11.5 Å². The Labute approximate surface area is 124 Å². The minimum atomic E-state index is 0.0468. The first kappa shape index (κ1) is 14.9. The molecule has 0 aliphatic carbocycles. The monoisotopic (exact) mass is 293 g/mol. The Bertz CT molecular complexity index is 587. The third kappa shape index (κ3) is 4.25. The predicted molar refractivity (Wildman–Crippen MR) is 81.3 cm³/mol. The summed E-state index contributed by atoms with van der Waals surface area (Å²) in [6.45, 7) is 7.11. The molecule has 0 bridgehead atoms. The van der Waals surface area contributed by atoms with E-state index in [1.165, 1.54) is 0 Å². The van der Waals surface area contributed by atoms with Crippen LogP contribution in [0.4, 0.5) is 0 Å². The minimum absolute atomic E-state index is 0.0468. The van der Waals surface area contributed by atoms with Crippen LogP contribution in [0.3, 0.4) is 0 Å². The molecule has 0 unspecified atom stereocenters. The third-order valence-corrected chi connectivity index (χ3v) is 2.98. The molecule has 0 aliphatic heterocycles. The highest BCUT2D eigenvalue weighted by atomic mass is 35.5. The number of hydrogen-bond donors (Lipinski definition) is 1. The van der Waals surface area contributed by atoms with Gasteiger partial charge in [0.15, 0.2) is 5.75 Å². The van der Waals surface area contributed by atoms with Crippen molar-refractivity contribution < 1.29 is 4.74 Å². The summed E-state index contributed by atoms with van der Waals surface area (Å²) in [4.78, 5) is 0. The number of aromatic nitrogens is 2. The van der Waals surface area contributed by atoms with Gasteiger partial charge in [-0.2, -0.15) is 5.10 Å². The van der Waals surface area contributed by atoms with Crippen LogP contribution in [-0.4, -0.2) is 15.3 Å². The molecule has 2 rings (SSSR count). The number of ether oxygens (including phenoxy) is 1. The maximum Gasteiger partial charge on any atom is 0.165 e. The summed E-state index contributed by atoms with van der Waals surface area (Å²) in [5, 5.41) is 8.19. The van der Waals surface area contributed by atoms with Crippen molar-refractivity contribution in [3.8, 4) is 11.5 Å². The van der Waals surface area contributed by atoms with Gasteiger partial charge in [-0.3, -0.25) is 4.68 Å². The Morgan fingerprint density at radius 2 is 2.10 bits per heavy atom. The largest absolute Gasteiger partial charge is 0.454 e. The average Bonchev–Trinajstić information content (AvgIpc) is 2.72. The molecular formula is C15H20ClN3O. The van der Waals surface area contributed by atoms with Crippen LogP contribution in [0.2, 0.25) is 5.02 Å². The zero-order valence-corrected chi connectivity index (χ0v) is 13.0. The third-order valence-electron chi connectivity index (χ3n) is 2.75. The number of nitrogens with one attached hydrogen (secondary N) is 1. The molecule has 0 saturated heterocycles. The maximum atomic E-state index is 6.06. The topological polar surface area (TPSA) is 39.1 Å². The molecular weight excluding hydrogens is 274 g/mol. The van der Waals surface area contributed by atoms with Crippen molar-refractivity contribution >= 4 is 11.6 Å². The highest BCUT2D eigenvalue weighted by Gasteiger charge is 2.12. The molecule has 0 saturated carbocycles. The van der Waals surface area contributed by atoms with Crippen LogP contribution in [0.25, 0.3) is 0 Å². The van der Waals surface area contributed by atoms with Crippen LogP contribution in [0.15, 0.2) is 30.6 Å². The number of aryl methyl sites for hydroxylation is 1. The summed E-state index contributed by atoms with van der Waals surface area (Å²) in [7, 11) is 1.85. The molecule has 2 aromatic rings. The van der Waals surface area contributed by atoms with Crippen LogP contribution < -0.4 is 10.1 Å². The Balaban J connectivity index is 2.19. The molecule has 0 atom stereocenters. The van der Waals surface area contributed by atoms with E-state index >= 15 is 0 Å². The fourth-order valence-electron chi connectivity index (χ4n) is 1.71. The van der Waals surface area contributed by atoms with Crippen LogP contribution in [0.1, 0.15) is 26.3 Å². The van der Waals surface area contributed by atoms with Gasteiger partial charge in [-0.25, -0.2) is 0 Å². The number of hydrogen-bond acceptors (Lipinski definition) is 3. The van der Waals surface area contributed by atoms with E-state index < -0.39 is 0 Å². The lowest BCUT2D eigenvalue weighted by Gasteiger charge is -2.21. The van der Waals surface area contributed by atoms with E-state index in [0.717, 1.165) is 17.9 Å². The van der Waals surface area contributed by atoms with Gasteiger partial charge in [0.2, 0.25) is 0 Å². The quantitative estimate of drug-likeness (QED) is 0.933. The Hall–Kier alpha value is -1.52. The Morgan fingerprint density at radius 1 is 1.35 bits per heavy atom. The van der Waals surface area contributed by atoms with Gasteiger partial charge in [0.1, 0.15) is 5.75 Å². The fourth-order valence-corrected chi connectivity index (χ4v) is 1.87. The minimum Gasteiger partial charge on any atom is -0.454 e. The smallest absolute Gasteiger partial charge is 0.165 e. The van der Waals surface area contributed by atoms with Gasteiger partial charge in [-0.1, -0.05) is 17.7 Å². The molecule has 4 nitrogen and oxygen atoms in total. The van der Waals surface area contributed by atoms with Crippen molar-refractivity contribution in [3.05, 3.63) is 41.2 Å². The second kappa shape index (κ2) is 5.85. The van der Waals surface area contributed by atoms with Crippen molar-refractivity contribution in [2.24, 2.45) is 7.05 Å². The van der Waals surface area contributed by atoms with Crippen LogP contribution >= 0.6 is 11.6 Å². The van der Waals surface area contributed by atoms with Crippen LogP contribution in [-0.2, 0) is 13.6 Å². The first-order chi connectivity index (χ1) is 9.33. The van der Waals surface area contributed by atoms with Crippen molar-refractivity contribution in [2.75, 3.05) is 0 Å². The molecule has 1 N–H and O–H groups in total. The second-order valence-corrected chi connectivity index (χ2v) is 6.24. The molecule has 20 heavy (non-hydrogen) atoms. The number of benzene rings is 1. The van der Waals surface area contributed by atoms with Gasteiger partial charge in [-0.15, -0.1) is 0 Å². The average molecular weight is 294 g/mol. The summed E-state index contributed by atoms with van der Waals surface area (Å²) >= 11 is 6.06. The summed E-state index contributed by atoms with van der Waals surface area (Å²) in [5.41, 5.74) is 1.11. The molecule has 5 heteroatoms. The van der Waals surface area contributed by atoms with E-state index in [4.69, 9.17) is 16.3 Å². The molecule has 0 fully saturated rings. The Morgan fingerprint density at radius 3 is 2.70 bits per heavy atom. The van der Waals surface area contributed by atoms with Gasteiger partial charge < -0.3 is 10.1 Å². The van der Waals surface area contributed by atoms with E-state index in [2.05, 4.69) is 31.2 Å². The summed E-state index contributed by atoms with van der Waals surface area (Å²) in [6, 6.07) is 5.68. The highest BCUT2D eigenvalue weighted by Crippen LogP contribution is 2.28. The lowest BCUT2D eigenvalue weighted by atomic mass is 10.1. The van der Waals surface area contributed by atoms with Crippen molar-refractivity contribution in [1.82, 2.24) is 15.1 Å². The number of nitrogens with zero attached hydrogens (tertiary/aromatic N) is 2. The van der Waals surface area contributed by atoms with Gasteiger partial charge in [0, 0.05) is 29.7 Å². The lowest BCUT2D eigenvalue weighted by Crippen LogP contribution is -2.35. The maximum absolute atomic E-state index is 6.06. The molecule has 1 aromatic carbocycles. The fraction of sp³-hybridized carbons (Fsp3) is 0.400. The summed E-state index contributed by atoms with van der Waals surface area (Å²) in [5.74, 6) is 1.45. The standard InChI is InChI=1S/C15H20ClN3O/c1-15(2,3)17-8-11-5-6-12(16)7-14(11)20-13-9-18-19(4)10-13/h5-7,9-10,17H,8H2,1-4H3. The number of rotatable bonds is 4. The molecule has 0 radical (unpaired) electrons. The van der Waals surface area contributed by atoms with Crippen molar-refractivity contribution in [3.63, 3.8) is 0 Å². The molecule has 0 amide bonds. The molecule has 0 spiro atoms. The first-order valence-corrected chi connectivity index (χ1v) is 6.91. The normalized spacial score (nSPS) is 11.7. The van der Waals surface area contributed by atoms with E-state index in [1.807, 2.05) is 31.4 Å². The molecule has 0 aliphatic rings. The first-order valence-electron chi connectivity index (χ1n) is 6.53. The summed E-state index contributed by atoms with van der Waals surface area (Å²) in [6.07, 6.45) is 3.50. The molecule has 108 valence electrons. The lowest BCUT2D eigenvalue weighted by molar-refractivity contribution is 0.414. The van der Waals surface area contributed by atoms with Crippen LogP contribution in [0, 0.1) is 0 Å². The van der Waals surface area contributed by atoms with Crippen molar-refractivity contribution in [1.29, 1.82) is 0 Å². The predicted octanol–water partition coefficient (Wildman–Crippen LogP) is 3.75. The van der Waals surface area contributed by atoms with E-state index in [-0.39, 0.29) is 5.54 Å². The molecule has 1 aromatic heterocycles. The highest BCUT2D eigenvalue weighted by molar-refractivity contribution is 6.30. The Kier molecular flexibility index (Phi) is 4.35. The zero-order valence-electron chi connectivity index (χ0n) is 12.3. The van der Waals surface area contributed by atoms with Gasteiger partial charge in [0.05, 0.1) is 12.4 Å². The van der Waals surface area contributed by atoms with Gasteiger partial charge >= 0.3 is 0 Å². The zero-order chi connectivity index (χ0) is 14.8. The summed E-state index contributed by atoms with van der Waals surface area (Å²) < 4.78 is 7.57. The second-order valence-electron chi connectivity index (χ2n) is 5.81. The number of halogens is 1. The SMILES string of the molecule is Cn1cc(Oc2cc(Cl)ccc2CNC(C)(C)C)cn1. The molecule has 1 heterocycles. The van der Waals surface area contributed by atoms with E-state index in [0.29, 0.717) is 10.8 Å². The van der Waals surface area contributed by atoms with Crippen molar-refractivity contribution in [2.45, 2.75) is 32.9 Å². The van der Waals surface area contributed by atoms with E-state index in [9.17, 15) is 0 Å². The van der Waals surface area contributed by atoms with Gasteiger partial charge in [-0.05, 0) is 32.9 Å². The van der Waals surface area contributed by atoms with E-state index in [1.54, 1.807) is 10.9 Å². The van der Waals surface area contributed by atoms with Gasteiger partial charge in [0.25, 0.3) is 0 Å².